The van der Waals surface area contributed by atoms with E-state index in [1.165, 1.54) is 23.5 Å². The largest absolute Gasteiger partial charge is 0.497 e. The Bertz CT molecular complexity index is 1160. The maximum Gasteiger partial charge on any atom is 0.306 e. The van der Waals surface area contributed by atoms with Crippen molar-refractivity contribution in [2.75, 3.05) is 26.8 Å². The van der Waals surface area contributed by atoms with Gasteiger partial charge in [-0.1, -0.05) is 44.2 Å². The molecule has 1 N–H and O–H groups in total. The second-order valence-electron chi connectivity index (χ2n) is 11.2. The van der Waals surface area contributed by atoms with Crippen molar-refractivity contribution in [1.29, 1.82) is 0 Å². The van der Waals surface area contributed by atoms with Crippen LogP contribution in [0.5, 0.6) is 5.75 Å². The summed E-state index contributed by atoms with van der Waals surface area (Å²) in [5, 5.41) is 11.4. The predicted molar refractivity (Wildman–Crippen MR) is 148 cm³/mol. The van der Waals surface area contributed by atoms with Gasteiger partial charge in [0.1, 0.15) is 11.9 Å². The molecule has 2 fully saturated rings. The van der Waals surface area contributed by atoms with Crippen LogP contribution in [0.25, 0.3) is 0 Å². The van der Waals surface area contributed by atoms with E-state index in [-0.39, 0.29) is 48.5 Å². The number of hydrogen-bond acceptors (Lipinski definition) is 7. The Morgan fingerprint density at radius 1 is 1.08 bits per heavy atom. The fourth-order valence-electron chi connectivity index (χ4n) is 5.65. The highest BCUT2D eigenvalue weighted by molar-refractivity contribution is 7.89. The predicted octanol–water partition coefficient (Wildman–Crippen LogP) is 4.06. The number of rotatable bonds is 13. The van der Waals surface area contributed by atoms with Crippen molar-refractivity contribution < 1.29 is 32.5 Å². The smallest absolute Gasteiger partial charge is 0.306 e. The van der Waals surface area contributed by atoms with Crippen molar-refractivity contribution in [2.45, 2.75) is 69.2 Å². The Balaban J connectivity index is 1.49. The third-order valence-corrected chi connectivity index (χ3v) is 9.52. The lowest BCUT2D eigenvalue weighted by Crippen LogP contribution is -2.43. The topological polar surface area (TPSA) is 102 Å². The molecule has 1 saturated carbocycles. The minimum Gasteiger partial charge on any atom is -0.497 e. The second-order valence-corrected chi connectivity index (χ2v) is 13.1. The van der Waals surface area contributed by atoms with Crippen LogP contribution in [0.15, 0.2) is 59.5 Å². The zero-order chi connectivity index (χ0) is 28.0. The number of nitrogens with zero attached hydrogens (tertiary/aromatic N) is 1. The minimum atomic E-state index is -3.89. The SMILES string of the molecule is COc1ccc(S(=O)(=O)N(CC(C)C)C[C@@H](O)[C@@H](CC(=O)O[C@@H]2C[C@@H]3CCO[C@@H]3C2)Cc2ccccc2)cc1. The fraction of sp³-hybridized carbons (Fsp3) is 0.567. The van der Waals surface area contributed by atoms with Gasteiger partial charge in [-0.25, -0.2) is 8.42 Å². The van der Waals surface area contributed by atoms with Crippen LogP contribution in [-0.4, -0.2) is 68.9 Å². The molecule has 2 aromatic rings. The number of benzene rings is 2. The first-order valence-corrected chi connectivity index (χ1v) is 15.3. The summed E-state index contributed by atoms with van der Waals surface area (Å²) in [6.07, 6.45) is 1.87. The quantitative estimate of drug-likeness (QED) is 0.369. The zero-order valence-electron chi connectivity index (χ0n) is 23.1. The molecule has 39 heavy (non-hydrogen) atoms. The van der Waals surface area contributed by atoms with Crippen molar-refractivity contribution in [2.24, 2.45) is 17.8 Å². The Morgan fingerprint density at radius 2 is 1.79 bits per heavy atom. The molecule has 2 aromatic carbocycles. The molecule has 1 aliphatic heterocycles. The third kappa shape index (κ3) is 7.81. The van der Waals surface area contributed by atoms with E-state index in [4.69, 9.17) is 14.2 Å². The summed E-state index contributed by atoms with van der Waals surface area (Å²) in [7, 11) is -2.37. The molecule has 0 bridgehead atoms. The molecule has 0 amide bonds. The highest BCUT2D eigenvalue weighted by atomic mass is 32.2. The van der Waals surface area contributed by atoms with Gasteiger partial charge in [0.2, 0.25) is 10.0 Å². The summed E-state index contributed by atoms with van der Waals surface area (Å²) in [6, 6.07) is 15.8. The van der Waals surface area contributed by atoms with Crippen LogP contribution >= 0.6 is 0 Å². The van der Waals surface area contributed by atoms with E-state index in [9.17, 15) is 18.3 Å². The van der Waals surface area contributed by atoms with Crippen molar-refractivity contribution in [1.82, 2.24) is 4.31 Å². The second kappa shape index (κ2) is 13.3. The lowest BCUT2D eigenvalue weighted by Gasteiger charge is -2.30. The van der Waals surface area contributed by atoms with Crippen LogP contribution in [0.1, 0.15) is 45.1 Å². The molecule has 8 nitrogen and oxygen atoms in total. The summed E-state index contributed by atoms with van der Waals surface area (Å²) < 4.78 is 45.3. The molecule has 0 unspecified atom stereocenters. The summed E-state index contributed by atoms with van der Waals surface area (Å²) in [5.74, 6) is 0.155. The van der Waals surface area contributed by atoms with Crippen LogP contribution in [0.3, 0.4) is 0 Å². The average molecular weight is 560 g/mol. The first-order valence-electron chi connectivity index (χ1n) is 13.8. The standard InChI is InChI=1S/C30H41NO7S/c1-21(2)19-31(39(34,35)27-11-9-25(36-3)10-12-27)20-28(32)24(15-22-7-5-4-6-8-22)17-30(33)38-26-16-23-13-14-37-29(23)18-26/h4-12,21,23-24,26,28-29,32H,13-20H2,1-3H3/t23-,24+,26+,28+,29+/m0/s1. The highest BCUT2D eigenvalue weighted by Gasteiger charge is 2.40. The lowest BCUT2D eigenvalue weighted by atomic mass is 9.90. The summed E-state index contributed by atoms with van der Waals surface area (Å²) >= 11 is 0. The molecule has 0 spiro atoms. The Hall–Kier alpha value is -2.46. The van der Waals surface area contributed by atoms with E-state index < -0.39 is 22.0 Å². The molecule has 1 saturated heterocycles. The summed E-state index contributed by atoms with van der Waals surface area (Å²) in [4.78, 5) is 13.2. The number of esters is 1. The van der Waals surface area contributed by atoms with Gasteiger partial charge in [-0.15, -0.1) is 0 Å². The maximum atomic E-state index is 13.6. The zero-order valence-corrected chi connectivity index (χ0v) is 23.9. The number of sulfonamides is 1. The van der Waals surface area contributed by atoms with Gasteiger partial charge in [-0.2, -0.15) is 4.31 Å². The monoisotopic (exact) mass is 559 g/mol. The van der Waals surface area contributed by atoms with E-state index in [1.54, 1.807) is 12.1 Å². The highest BCUT2D eigenvalue weighted by Crippen LogP contribution is 2.37. The number of aliphatic hydroxyl groups excluding tert-OH is 1. The van der Waals surface area contributed by atoms with Crippen molar-refractivity contribution in [3.05, 3.63) is 60.2 Å². The molecule has 214 valence electrons. The Kier molecular flexibility index (Phi) is 10.0. The molecular formula is C30H41NO7S. The van der Waals surface area contributed by atoms with Crippen LogP contribution in [0, 0.1) is 17.8 Å². The Morgan fingerprint density at radius 3 is 2.44 bits per heavy atom. The van der Waals surface area contributed by atoms with Gasteiger partial charge >= 0.3 is 5.97 Å². The number of aliphatic hydroxyl groups is 1. The number of carbonyl (C=O) groups excluding carboxylic acids is 1. The van der Waals surface area contributed by atoms with Gasteiger partial charge in [-0.05, 0) is 60.9 Å². The van der Waals surface area contributed by atoms with Gasteiger partial charge in [0, 0.05) is 32.0 Å². The normalized spacial score (nSPS) is 22.6. The number of carbonyl (C=O) groups is 1. The number of ether oxygens (including phenoxy) is 3. The Labute approximate surface area is 232 Å². The van der Waals surface area contributed by atoms with E-state index in [2.05, 4.69) is 0 Å². The maximum absolute atomic E-state index is 13.6. The first kappa shape index (κ1) is 29.5. The number of hydrogen-bond donors (Lipinski definition) is 1. The molecule has 2 aliphatic rings. The van der Waals surface area contributed by atoms with Crippen LogP contribution in [0.2, 0.25) is 0 Å². The van der Waals surface area contributed by atoms with Crippen LogP contribution in [0.4, 0.5) is 0 Å². The summed E-state index contributed by atoms with van der Waals surface area (Å²) in [5.41, 5.74) is 0.964. The van der Waals surface area contributed by atoms with E-state index in [1.807, 2.05) is 44.2 Å². The number of fused-ring (bicyclic) bond motifs is 1. The molecule has 0 radical (unpaired) electrons. The van der Waals surface area contributed by atoms with Gasteiger partial charge in [-0.3, -0.25) is 4.79 Å². The van der Waals surface area contributed by atoms with E-state index in [0.29, 0.717) is 24.5 Å². The van der Waals surface area contributed by atoms with Gasteiger partial charge < -0.3 is 19.3 Å². The molecule has 1 heterocycles. The van der Waals surface area contributed by atoms with E-state index >= 15 is 0 Å². The van der Waals surface area contributed by atoms with Gasteiger partial charge in [0.15, 0.2) is 0 Å². The fourth-order valence-corrected chi connectivity index (χ4v) is 7.28. The van der Waals surface area contributed by atoms with Gasteiger partial charge in [0.25, 0.3) is 0 Å². The molecule has 1 aliphatic carbocycles. The molecule has 9 heteroatoms. The van der Waals surface area contributed by atoms with Crippen LogP contribution < -0.4 is 4.74 Å². The summed E-state index contributed by atoms with van der Waals surface area (Å²) in [6.45, 7) is 4.75. The van der Waals surface area contributed by atoms with Crippen molar-refractivity contribution in [3.8, 4) is 5.75 Å². The average Bonchev–Trinajstić information content (AvgIpc) is 3.50. The molecule has 4 rings (SSSR count). The lowest BCUT2D eigenvalue weighted by molar-refractivity contribution is -0.151. The molecule has 0 aromatic heterocycles. The van der Waals surface area contributed by atoms with Crippen molar-refractivity contribution in [3.63, 3.8) is 0 Å². The first-order chi connectivity index (χ1) is 18.7. The number of methoxy groups -OCH3 is 1. The third-order valence-electron chi connectivity index (χ3n) is 7.68. The van der Waals surface area contributed by atoms with E-state index in [0.717, 1.165) is 25.0 Å². The van der Waals surface area contributed by atoms with Crippen molar-refractivity contribution >= 4 is 16.0 Å². The molecular weight excluding hydrogens is 518 g/mol. The molecule has 5 atom stereocenters. The van der Waals surface area contributed by atoms with Gasteiger partial charge in [0.05, 0.1) is 30.6 Å². The minimum absolute atomic E-state index is 0.000847. The van der Waals surface area contributed by atoms with Crippen LogP contribution in [-0.2, 0) is 30.7 Å².